The number of hydrogen-bond donors (Lipinski definition) is 1. The molecule has 2 rings (SSSR count). The number of carbonyl (C=O) groups excluding carboxylic acids is 2. The molecule has 0 spiro atoms. The molecule has 0 aromatic carbocycles. The summed E-state index contributed by atoms with van der Waals surface area (Å²) >= 11 is 0. The first-order valence-electron chi connectivity index (χ1n) is 17.0. The molecule has 2 aliphatic carbocycles. The van der Waals surface area contributed by atoms with Gasteiger partial charge in [0.05, 0.1) is 11.2 Å². The highest BCUT2D eigenvalue weighted by Crippen LogP contribution is 2.73. The second-order valence-electron chi connectivity index (χ2n) is 16.5. The number of hydrogen-bond acceptors (Lipinski definition) is 4. The Morgan fingerprint density at radius 2 is 1.61 bits per heavy atom. The molecular weight excluding hydrogens is 544 g/mol. The van der Waals surface area contributed by atoms with Gasteiger partial charge < -0.3 is 9.84 Å². The fraction of sp³-hybridized carbons (Fsp3) is 0.750. The van der Waals surface area contributed by atoms with Gasteiger partial charge >= 0.3 is 0 Å². The van der Waals surface area contributed by atoms with Crippen molar-refractivity contribution in [2.75, 3.05) is 7.11 Å². The number of ketones is 2. The van der Waals surface area contributed by atoms with Crippen molar-refractivity contribution in [3.8, 4) is 0 Å². The zero-order valence-corrected chi connectivity index (χ0v) is 30.6. The molecule has 4 heteroatoms. The molecule has 2 aliphatic rings. The van der Waals surface area contributed by atoms with E-state index in [9.17, 15) is 14.7 Å². The molecule has 0 amide bonds. The molecule has 0 aliphatic heterocycles. The Morgan fingerprint density at radius 1 is 1.05 bits per heavy atom. The third-order valence-corrected chi connectivity index (χ3v) is 10.9. The van der Waals surface area contributed by atoms with Gasteiger partial charge in [-0.3, -0.25) is 9.59 Å². The van der Waals surface area contributed by atoms with Gasteiger partial charge in [0.25, 0.3) is 0 Å². The lowest BCUT2D eigenvalue weighted by Crippen LogP contribution is -2.50. The summed E-state index contributed by atoms with van der Waals surface area (Å²) < 4.78 is 4.94. The predicted octanol–water partition coefficient (Wildman–Crippen LogP) is 10.1. The molecule has 44 heavy (non-hydrogen) atoms. The first-order chi connectivity index (χ1) is 20.1. The van der Waals surface area contributed by atoms with E-state index in [-0.39, 0.29) is 51.7 Å². The molecule has 0 saturated heterocycles. The number of fused-ring (bicyclic) bond motifs is 1. The summed E-state index contributed by atoms with van der Waals surface area (Å²) in [5.41, 5.74) is 0.827. The van der Waals surface area contributed by atoms with E-state index < -0.39 is 5.60 Å². The average molecular weight is 613 g/mol. The summed E-state index contributed by atoms with van der Waals surface area (Å²) in [6.07, 6.45) is 11.6. The molecule has 6 unspecified atom stereocenters. The SMILES string of the molecule is C=CCCC(CC(=O)C1C2C(CC1C(C)(O)[C@@H](C)C(C)(C)C)C2(C)C)C(=C)C(=O)CC/C=C/C(=C)CCC.COC(C)(C)C. The van der Waals surface area contributed by atoms with Crippen molar-refractivity contribution in [1.29, 1.82) is 0 Å². The Kier molecular flexibility index (Phi) is 14.8. The third kappa shape index (κ3) is 10.9. The molecule has 1 N–H and O–H groups in total. The molecule has 2 fully saturated rings. The van der Waals surface area contributed by atoms with Gasteiger partial charge in [0.15, 0.2) is 5.78 Å². The van der Waals surface area contributed by atoms with E-state index in [0.717, 1.165) is 31.3 Å². The van der Waals surface area contributed by atoms with E-state index in [2.05, 4.69) is 68.2 Å². The molecule has 0 radical (unpaired) electrons. The van der Waals surface area contributed by atoms with Gasteiger partial charge in [0.2, 0.25) is 0 Å². The number of allylic oxidation sites excluding steroid dienone is 5. The minimum absolute atomic E-state index is 0.0403. The zero-order chi connectivity index (χ0) is 34.3. The van der Waals surface area contributed by atoms with Crippen LogP contribution < -0.4 is 0 Å². The normalized spacial score (nSPS) is 25.2. The molecule has 4 nitrogen and oxygen atoms in total. The Bertz CT molecular complexity index is 1030. The maximum Gasteiger partial charge on any atom is 0.158 e. The van der Waals surface area contributed by atoms with Crippen molar-refractivity contribution in [3.05, 3.63) is 49.1 Å². The van der Waals surface area contributed by atoms with Crippen molar-refractivity contribution in [3.63, 3.8) is 0 Å². The lowest BCUT2D eigenvalue weighted by atomic mass is 9.62. The maximum atomic E-state index is 14.1. The number of aliphatic hydroxyl groups is 1. The number of ether oxygens (including phenoxy) is 1. The van der Waals surface area contributed by atoms with Crippen LogP contribution in [0.2, 0.25) is 0 Å². The summed E-state index contributed by atoms with van der Waals surface area (Å²) in [7, 11) is 1.71. The van der Waals surface area contributed by atoms with Crippen molar-refractivity contribution in [2.24, 2.45) is 46.3 Å². The molecule has 2 saturated carbocycles. The number of Topliss-reactive ketones (excluding diaryl/α,β-unsaturated/α-hetero) is 2. The zero-order valence-electron chi connectivity index (χ0n) is 30.6. The largest absolute Gasteiger partial charge is 0.390 e. The molecule has 7 atom stereocenters. The van der Waals surface area contributed by atoms with Gasteiger partial charge in [0, 0.05) is 25.9 Å². The first kappa shape index (κ1) is 40.2. The quantitative estimate of drug-likeness (QED) is 0.107. The summed E-state index contributed by atoms with van der Waals surface area (Å²) in [6.45, 7) is 35.4. The molecule has 0 bridgehead atoms. The van der Waals surface area contributed by atoms with E-state index in [1.165, 1.54) is 0 Å². The average Bonchev–Trinajstić information content (AvgIpc) is 3.24. The minimum Gasteiger partial charge on any atom is -0.390 e. The molecule has 0 heterocycles. The summed E-state index contributed by atoms with van der Waals surface area (Å²) in [6, 6.07) is 0. The second-order valence-corrected chi connectivity index (χ2v) is 16.5. The topological polar surface area (TPSA) is 63.6 Å². The Morgan fingerprint density at radius 3 is 2.09 bits per heavy atom. The Hall–Kier alpha value is -1.78. The molecule has 252 valence electrons. The van der Waals surface area contributed by atoms with Crippen LogP contribution in [0.3, 0.4) is 0 Å². The summed E-state index contributed by atoms with van der Waals surface area (Å²) in [4.78, 5) is 27.2. The fourth-order valence-electron chi connectivity index (χ4n) is 7.20. The summed E-state index contributed by atoms with van der Waals surface area (Å²) in [5, 5.41) is 11.9. The van der Waals surface area contributed by atoms with E-state index >= 15 is 0 Å². The van der Waals surface area contributed by atoms with Gasteiger partial charge in [-0.15, -0.1) is 6.58 Å². The third-order valence-electron chi connectivity index (χ3n) is 10.9. The van der Waals surface area contributed by atoms with Crippen molar-refractivity contribution < 1.29 is 19.4 Å². The van der Waals surface area contributed by atoms with Crippen LogP contribution in [0.5, 0.6) is 0 Å². The van der Waals surface area contributed by atoms with Crippen molar-refractivity contribution in [1.82, 2.24) is 0 Å². The number of methoxy groups -OCH3 is 1. The molecule has 0 aromatic rings. The first-order valence-corrected chi connectivity index (χ1v) is 17.0. The van der Waals surface area contributed by atoms with Gasteiger partial charge in [-0.1, -0.05) is 91.8 Å². The van der Waals surface area contributed by atoms with Gasteiger partial charge in [-0.2, -0.15) is 0 Å². The number of carbonyl (C=O) groups is 2. The summed E-state index contributed by atoms with van der Waals surface area (Å²) in [5.74, 6) is 0.666. The van der Waals surface area contributed by atoms with Crippen LogP contribution in [0, 0.1) is 46.3 Å². The van der Waals surface area contributed by atoms with E-state index in [0.29, 0.717) is 43.1 Å². The van der Waals surface area contributed by atoms with Crippen LogP contribution >= 0.6 is 0 Å². The fourth-order valence-corrected chi connectivity index (χ4v) is 7.20. The van der Waals surface area contributed by atoms with E-state index in [1.807, 2.05) is 45.9 Å². The lowest BCUT2D eigenvalue weighted by molar-refractivity contribution is -0.138. The highest BCUT2D eigenvalue weighted by molar-refractivity contribution is 5.96. The van der Waals surface area contributed by atoms with Crippen LogP contribution in [0.1, 0.15) is 128 Å². The minimum atomic E-state index is -0.931. The molecule has 0 aromatic heterocycles. The smallest absolute Gasteiger partial charge is 0.158 e. The van der Waals surface area contributed by atoms with Gasteiger partial charge in [-0.05, 0) is 106 Å². The van der Waals surface area contributed by atoms with Crippen LogP contribution in [0.25, 0.3) is 0 Å². The highest BCUT2D eigenvalue weighted by atomic mass is 16.5. The monoisotopic (exact) mass is 613 g/mol. The second kappa shape index (κ2) is 16.2. The number of rotatable bonds is 16. The Labute approximate surface area is 271 Å². The standard InChI is InChI=1S/C35H56O3.C5H12O/c1-12-14-19-26(24(4)29(36)20-16-15-18-23(3)17-13-2)21-30(37)31-27(22-28-32(31)34(28,9)10)35(11,38)25(5)33(6,7)8;1-5(2,3)6-4/h12,15,18,25-28,31-32,38H,1,3-4,13-14,16-17,19-22H2,2,5-11H3;1-4H3/b18-15+;/t25-,26?,27?,28?,31?,32?,35?;/m0./s1. The lowest BCUT2D eigenvalue weighted by Gasteiger charge is -2.46. The van der Waals surface area contributed by atoms with Crippen LogP contribution in [0.4, 0.5) is 0 Å². The predicted molar refractivity (Wildman–Crippen MR) is 187 cm³/mol. The van der Waals surface area contributed by atoms with Crippen molar-refractivity contribution >= 4 is 11.6 Å². The van der Waals surface area contributed by atoms with Crippen LogP contribution in [0.15, 0.2) is 49.1 Å². The Balaban J connectivity index is 0.00000146. The van der Waals surface area contributed by atoms with Crippen molar-refractivity contribution in [2.45, 2.75) is 139 Å². The van der Waals surface area contributed by atoms with Crippen LogP contribution in [-0.2, 0) is 14.3 Å². The maximum absolute atomic E-state index is 14.1. The van der Waals surface area contributed by atoms with Gasteiger partial charge in [0.1, 0.15) is 5.78 Å². The van der Waals surface area contributed by atoms with E-state index in [4.69, 9.17) is 4.74 Å². The highest BCUT2D eigenvalue weighted by Gasteiger charge is 2.71. The molecular formula is C40H68O4. The van der Waals surface area contributed by atoms with Gasteiger partial charge in [-0.25, -0.2) is 0 Å². The van der Waals surface area contributed by atoms with E-state index in [1.54, 1.807) is 7.11 Å². The van der Waals surface area contributed by atoms with Crippen LogP contribution in [-0.4, -0.2) is 35.0 Å².